The number of aromatic nitrogens is 4. The van der Waals surface area contributed by atoms with Crippen LogP contribution >= 0.6 is 11.8 Å². The van der Waals surface area contributed by atoms with Gasteiger partial charge in [-0.1, -0.05) is 29.1 Å². The lowest BCUT2D eigenvalue weighted by Gasteiger charge is -2.10. The van der Waals surface area contributed by atoms with Gasteiger partial charge in [0.25, 0.3) is 0 Å². The smallest absolute Gasteiger partial charge is 0.328 e. The van der Waals surface area contributed by atoms with Crippen molar-refractivity contribution in [1.82, 2.24) is 19.7 Å². The Morgan fingerprint density at radius 1 is 1.17 bits per heavy atom. The van der Waals surface area contributed by atoms with E-state index in [1.165, 1.54) is 11.8 Å². The van der Waals surface area contributed by atoms with Crippen molar-refractivity contribution in [2.24, 2.45) is 0 Å². The number of rotatable bonds is 7. The molecule has 2 aromatic carbocycles. The average molecular weight is 409 g/mol. The first-order chi connectivity index (χ1) is 14.1. The van der Waals surface area contributed by atoms with Crippen molar-refractivity contribution in [3.8, 4) is 11.4 Å². The van der Waals surface area contributed by atoms with Gasteiger partial charge in [-0.3, -0.25) is 14.7 Å². The summed E-state index contributed by atoms with van der Waals surface area (Å²) in [6.07, 6.45) is 0. The molecule has 4 aromatic rings. The summed E-state index contributed by atoms with van der Waals surface area (Å²) >= 11 is 1.33. The van der Waals surface area contributed by atoms with E-state index in [-0.39, 0.29) is 17.7 Å². The number of aryl methyl sites for hydroxylation is 1. The Labute approximate surface area is 171 Å². The number of hydrogen-bond acceptors (Lipinski definition) is 7. The second-order valence-corrected chi connectivity index (χ2v) is 7.07. The number of para-hydroxylation sites is 2. The average Bonchev–Trinajstić information content (AvgIpc) is 3.30. The Morgan fingerprint density at radius 3 is 2.69 bits per heavy atom. The van der Waals surface area contributed by atoms with Crippen molar-refractivity contribution in [1.29, 1.82) is 0 Å². The summed E-state index contributed by atoms with van der Waals surface area (Å²) in [5.41, 5.74) is 2.77. The summed E-state index contributed by atoms with van der Waals surface area (Å²) in [5.74, 6) is 1.18. The van der Waals surface area contributed by atoms with E-state index in [9.17, 15) is 4.79 Å². The summed E-state index contributed by atoms with van der Waals surface area (Å²) in [4.78, 5) is 20.9. The van der Waals surface area contributed by atoms with Gasteiger partial charge in [-0.25, -0.2) is 4.98 Å². The topological polar surface area (TPSA) is 95.1 Å². The number of imidazole rings is 1. The van der Waals surface area contributed by atoms with Crippen molar-refractivity contribution >= 4 is 34.7 Å². The number of anilines is 1. The maximum absolute atomic E-state index is 12.3. The lowest BCUT2D eigenvalue weighted by Crippen LogP contribution is -2.14. The highest BCUT2D eigenvalue weighted by Gasteiger charge is 2.15. The second kappa shape index (κ2) is 8.36. The van der Waals surface area contributed by atoms with Crippen LogP contribution in [0.3, 0.4) is 0 Å². The molecule has 9 heteroatoms. The fraction of sp³-hybridized carbons (Fsp3) is 0.200. The largest absolute Gasteiger partial charge is 0.494 e. The van der Waals surface area contributed by atoms with Crippen LogP contribution in [0.5, 0.6) is 5.75 Å². The number of thioether (sulfide) groups is 1. The highest BCUT2D eigenvalue weighted by atomic mass is 32.2. The molecule has 1 N–H and O–H groups in total. The third-order valence-corrected chi connectivity index (χ3v) is 4.98. The minimum atomic E-state index is -0.246. The van der Waals surface area contributed by atoms with E-state index in [0.717, 1.165) is 22.5 Å². The normalized spacial score (nSPS) is 11.0. The van der Waals surface area contributed by atoms with E-state index in [0.29, 0.717) is 17.6 Å². The number of benzene rings is 2. The van der Waals surface area contributed by atoms with Crippen LogP contribution in [0.2, 0.25) is 0 Å². The van der Waals surface area contributed by atoms with Crippen LogP contribution in [0.1, 0.15) is 12.7 Å². The maximum atomic E-state index is 12.3. The summed E-state index contributed by atoms with van der Waals surface area (Å²) in [6, 6.07) is 15.8. The number of carbonyl (C=O) groups excluding carboxylic acids is 1. The third kappa shape index (κ3) is 4.24. The van der Waals surface area contributed by atoms with Crippen molar-refractivity contribution in [3.63, 3.8) is 0 Å². The highest BCUT2D eigenvalue weighted by molar-refractivity contribution is 7.99. The molecule has 29 heavy (non-hydrogen) atoms. The van der Waals surface area contributed by atoms with Gasteiger partial charge < -0.3 is 9.26 Å². The van der Waals surface area contributed by atoms with Crippen LogP contribution in [-0.2, 0) is 4.79 Å². The van der Waals surface area contributed by atoms with Crippen molar-refractivity contribution in [2.45, 2.75) is 19.0 Å². The van der Waals surface area contributed by atoms with E-state index < -0.39 is 0 Å². The number of nitrogens with one attached hydrogen (secondary N) is 1. The molecule has 1 amide bonds. The molecule has 0 bridgehead atoms. The minimum absolute atomic E-state index is 0.0908. The fourth-order valence-electron chi connectivity index (χ4n) is 2.84. The number of carbonyl (C=O) groups is 1. The summed E-state index contributed by atoms with van der Waals surface area (Å²) in [7, 11) is 0. The predicted molar refractivity (Wildman–Crippen MR) is 111 cm³/mol. The molecular formula is C20H19N5O3S. The van der Waals surface area contributed by atoms with Gasteiger partial charge in [0.05, 0.1) is 23.4 Å². The van der Waals surface area contributed by atoms with Gasteiger partial charge in [-0.05, 0) is 50.2 Å². The molecule has 0 spiro atoms. The summed E-state index contributed by atoms with van der Waals surface area (Å²) in [6.45, 7) is 4.25. The second-order valence-electron chi connectivity index (χ2n) is 6.13. The first kappa shape index (κ1) is 19.0. The van der Waals surface area contributed by atoms with Gasteiger partial charge in [0.1, 0.15) is 5.75 Å². The molecule has 0 aliphatic heterocycles. The number of hydrogen-bond donors (Lipinski definition) is 1. The molecule has 0 radical (unpaired) electrons. The molecule has 2 aromatic heterocycles. The number of ether oxygens (including phenoxy) is 1. The number of nitrogens with zero attached hydrogens (tertiary/aromatic N) is 4. The lowest BCUT2D eigenvalue weighted by atomic mass is 10.2. The number of fused-ring (bicyclic) bond motifs is 1. The SMILES string of the molecule is CCOc1ccc(-n2c(SCC(=O)Nc3nc(C)no3)nc3ccccc32)cc1. The molecule has 0 saturated heterocycles. The Kier molecular flexibility index (Phi) is 5.48. The van der Waals surface area contributed by atoms with Crippen LogP contribution in [-0.4, -0.2) is 38.0 Å². The molecule has 0 aliphatic carbocycles. The van der Waals surface area contributed by atoms with Gasteiger partial charge in [0.2, 0.25) is 5.91 Å². The Hall–Kier alpha value is -3.33. The first-order valence-electron chi connectivity index (χ1n) is 9.07. The molecule has 0 aliphatic rings. The molecule has 0 unspecified atom stereocenters. The van der Waals surface area contributed by atoms with Gasteiger partial charge in [0.15, 0.2) is 11.0 Å². The van der Waals surface area contributed by atoms with Gasteiger partial charge in [-0.2, -0.15) is 4.98 Å². The molecule has 0 saturated carbocycles. The summed E-state index contributed by atoms with van der Waals surface area (Å²) < 4.78 is 12.5. The van der Waals surface area contributed by atoms with E-state index in [2.05, 4.69) is 15.5 Å². The molecule has 148 valence electrons. The third-order valence-electron chi connectivity index (χ3n) is 4.04. The maximum Gasteiger partial charge on any atom is 0.328 e. The standard InChI is InChI=1S/C20H19N5O3S/c1-3-27-15-10-8-14(9-11-15)25-17-7-5-4-6-16(17)22-20(25)29-12-18(26)23-19-21-13(2)24-28-19/h4-11H,3,12H2,1-2H3,(H,21,23,24,26). The van der Waals surface area contributed by atoms with Crippen LogP contribution in [0.4, 0.5) is 6.01 Å². The molecular weight excluding hydrogens is 390 g/mol. The monoisotopic (exact) mass is 409 g/mol. The molecule has 4 rings (SSSR count). The lowest BCUT2D eigenvalue weighted by molar-refractivity contribution is -0.114. The van der Waals surface area contributed by atoms with Crippen molar-refractivity contribution < 1.29 is 14.1 Å². The van der Waals surface area contributed by atoms with Crippen LogP contribution in [0, 0.1) is 6.92 Å². The van der Waals surface area contributed by atoms with E-state index >= 15 is 0 Å². The Balaban J connectivity index is 1.58. The van der Waals surface area contributed by atoms with Crippen LogP contribution < -0.4 is 10.1 Å². The Bertz CT molecular complexity index is 1140. The van der Waals surface area contributed by atoms with E-state index in [4.69, 9.17) is 14.2 Å². The molecule has 8 nitrogen and oxygen atoms in total. The van der Waals surface area contributed by atoms with E-state index in [1.54, 1.807) is 6.92 Å². The van der Waals surface area contributed by atoms with Crippen molar-refractivity contribution in [2.75, 3.05) is 17.7 Å². The van der Waals surface area contributed by atoms with E-state index in [1.807, 2.05) is 60.0 Å². The zero-order valence-corrected chi connectivity index (χ0v) is 16.8. The zero-order chi connectivity index (χ0) is 20.2. The van der Waals surface area contributed by atoms with Gasteiger partial charge in [0, 0.05) is 5.69 Å². The molecule has 0 fully saturated rings. The fourth-order valence-corrected chi connectivity index (χ4v) is 3.67. The molecule has 0 atom stereocenters. The summed E-state index contributed by atoms with van der Waals surface area (Å²) in [5, 5.41) is 6.97. The Morgan fingerprint density at radius 2 is 1.97 bits per heavy atom. The van der Waals surface area contributed by atoms with Gasteiger partial charge >= 0.3 is 6.01 Å². The quantitative estimate of drug-likeness (QED) is 0.463. The predicted octanol–water partition coefficient (Wildman–Crippen LogP) is 3.85. The van der Waals surface area contributed by atoms with Gasteiger partial charge in [-0.15, -0.1) is 0 Å². The highest BCUT2D eigenvalue weighted by Crippen LogP contribution is 2.29. The van der Waals surface area contributed by atoms with Crippen LogP contribution in [0.25, 0.3) is 16.7 Å². The van der Waals surface area contributed by atoms with Crippen molar-refractivity contribution in [3.05, 3.63) is 54.4 Å². The zero-order valence-electron chi connectivity index (χ0n) is 16.0. The number of amides is 1. The first-order valence-corrected chi connectivity index (χ1v) is 10.1. The van der Waals surface area contributed by atoms with Crippen LogP contribution in [0.15, 0.2) is 58.2 Å². The minimum Gasteiger partial charge on any atom is -0.494 e. The molecule has 2 heterocycles.